The molecule has 1 aliphatic rings. The lowest BCUT2D eigenvalue weighted by Gasteiger charge is -2.29. The van der Waals surface area contributed by atoms with Crippen LogP contribution in [0.15, 0.2) is 36.4 Å². The molecule has 1 heterocycles. The summed E-state index contributed by atoms with van der Waals surface area (Å²) in [6.07, 6.45) is -4.96. The van der Waals surface area contributed by atoms with Crippen LogP contribution in [-0.4, -0.2) is 60.3 Å². The number of anilines is 1. The minimum atomic E-state index is -4.78. The molecule has 2 aromatic rings. The first-order valence-corrected chi connectivity index (χ1v) is 15.4. The van der Waals surface area contributed by atoms with E-state index < -0.39 is 46.5 Å². The molecule has 260 valence electrons. The van der Waals surface area contributed by atoms with E-state index in [-0.39, 0.29) is 50.4 Å². The number of nitrogens with zero attached hydrogens (tertiary/aromatic N) is 2. The monoisotopic (exact) mass is 670 g/mol. The van der Waals surface area contributed by atoms with Crippen molar-refractivity contribution in [1.82, 2.24) is 4.90 Å². The molecule has 0 fully saturated rings. The highest BCUT2D eigenvalue weighted by Gasteiger charge is 2.36. The number of rotatable bonds is 11. The maximum Gasteiger partial charge on any atom is 0.416 e. The quantitative estimate of drug-likeness (QED) is 0.139. The van der Waals surface area contributed by atoms with Crippen LogP contribution in [0.3, 0.4) is 0 Å². The van der Waals surface area contributed by atoms with E-state index in [0.29, 0.717) is 37.4 Å². The average Bonchev–Trinajstić information content (AvgIpc) is 3.33. The highest BCUT2D eigenvalue weighted by atomic mass is 19.4. The molecule has 0 atom stereocenters. The minimum absolute atomic E-state index is 0.0281. The molecular formula is C34H43F5N2O6. The van der Waals surface area contributed by atoms with Crippen LogP contribution in [0.1, 0.15) is 83.6 Å². The van der Waals surface area contributed by atoms with Crippen LogP contribution in [-0.2, 0) is 44.0 Å². The SMILES string of the molecule is CC(C)(C)OC(=O)CCN(CC(=O)N1CCc2cc(OCCCc3ccc(C(C)(F)F)cc3C(F)(F)F)ccc21)C(=O)OC(C)(C)C. The topological polar surface area (TPSA) is 85.4 Å². The summed E-state index contributed by atoms with van der Waals surface area (Å²) in [5.41, 5.74) is -1.97. The van der Waals surface area contributed by atoms with Crippen molar-refractivity contribution in [2.24, 2.45) is 0 Å². The van der Waals surface area contributed by atoms with Crippen LogP contribution in [0, 0.1) is 0 Å². The Hall–Kier alpha value is -3.90. The van der Waals surface area contributed by atoms with Gasteiger partial charge in [0.2, 0.25) is 5.91 Å². The molecule has 0 bridgehead atoms. The zero-order valence-electron chi connectivity index (χ0n) is 27.9. The van der Waals surface area contributed by atoms with Crippen molar-refractivity contribution < 1.29 is 50.5 Å². The summed E-state index contributed by atoms with van der Waals surface area (Å²) in [4.78, 5) is 41.3. The van der Waals surface area contributed by atoms with Crippen molar-refractivity contribution in [2.75, 3.05) is 31.1 Å². The van der Waals surface area contributed by atoms with Gasteiger partial charge in [0, 0.05) is 31.3 Å². The fourth-order valence-corrected chi connectivity index (χ4v) is 4.94. The maximum absolute atomic E-state index is 13.6. The van der Waals surface area contributed by atoms with Crippen molar-refractivity contribution in [3.05, 3.63) is 58.7 Å². The van der Waals surface area contributed by atoms with E-state index in [4.69, 9.17) is 14.2 Å². The first kappa shape index (κ1) is 37.6. The number of halogens is 5. The lowest BCUT2D eigenvalue weighted by atomic mass is 9.97. The van der Waals surface area contributed by atoms with Crippen molar-refractivity contribution in [3.63, 3.8) is 0 Å². The molecule has 8 nitrogen and oxygen atoms in total. The summed E-state index contributed by atoms with van der Waals surface area (Å²) in [5.74, 6) is -3.82. The number of ether oxygens (including phenoxy) is 3. The molecule has 0 spiro atoms. The number of carbonyl (C=O) groups is 3. The Morgan fingerprint density at radius 1 is 0.872 bits per heavy atom. The Balaban J connectivity index is 1.62. The van der Waals surface area contributed by atoms with E-state index in [0.717, 1.165) is 17.7 Å². The molecule has 0 aromatic heterocycles. The zero-order valence-corrected chi connectivity index (χ0v) is 27.9. The van der Waals surface area contributed by atoms with Gasteiger partial charge in [-0.1, -0.05) is 12.1 Å². The second kappa shape index (κ2) is 14.5. The third kappa shape index (κ3) is 11.4. The molecule has 0 saturated heterocycles. The molecule has 2 amide bonds. The summed E-state index contributed by atoms with van der Waals surface area (Å²) >= 11 is 0. The van der Waals surface area contributed by atoms with E-state index in [1.54, 1.807) is 59.7 Å². The van der Waals surface area contributed by atoms with E-state index in [9.17, 15) is 36.3 Å². The predicted octanol–water partition coefficient (Wildman–Crippen LogP) is 7.69. The Kier molecular flexibility index (Phi) is 11.6. The number of aryl methyl sites for hydroxylation is 1. The molecule has 0 unspecified atom stereocenters. The van der Waals surface area contributed by atoms with Crippen molar-refractivity contribution in [2.45, 2.75) is 97.5 Å². The third-order valence-corrected chi connectivity index (χ3v) is 7.01. The lowest BCUT2D eigenvalue weighted by molar-refractivity contribution is -0.155. The number of hydrogen-bond donors (Lipinski definition) is 0. The van der Waals surface area contributed by atoms with Gasteiger partial charge in [-0.05, 0) is 96.2 Å². The number of fused-ring (bicyclic) bond motifs is 1. The van der Waals surface area contributed by atoms with Crippen molar-refractivity contribution in [1.29, 1.82) is 0 Å². The molecule has 47 heavy (non-hydrogen) atoms. The van der Waals surface area contributed by atoms with Gasteiger partial charge in [0.1, 0.15) is 23.5 Å². The van der Waals surface area contributed by atoms with Crippen LogP contribution in [0.5, 0.6) is 5.75 Å². The minimum Gasteiger partial charge on any atom is -0.494 e. The predicted molar refractivity (Wildman–Crippen MR) is 166 cm³/mol. The highest BCUT2D eigenvalue weighted by Crippen LogP contribution is 2.37. The third-order valence-electron chi connectivity index (χ3n) is 7.01. The van der Waals surface area contributed by atoms with Crippen LogP contribution in [0.2, 0.25) is 0 Å². The van der Waals surface area contributed by atoms with Gasteiger partial charge >= 0.3 is 18.2 Å². The molecule has 0 N–H and O–H groups in total. The average molecular weight is 671 g/mol. The Bertz CT molecular complexity index is 1440. The fourth-order valence-electron chi connectivity index (χ4n) is 4.94. The van der Waals surface area contributed by atoms with E-state index in [1.165, 1.54) is 9.80 Å². The Morgan fingerprint density at radius 2 is 1.53 bits per heavy atom. The van der Waals surface area contributed by atoms with Crippen molar-refractivity contribution in [3.8, 4) is 5.75 Å². The molecule has 13 heteroatoms. The van der Waals surface area contributed by atoms with Crippen LogP contribution in [0.4, 0.5) is 32.4 Å². The summed E-state index contributed by atoms with van der Waals surface area (Å²) in [6.45, 7) is 10.8. The second-order valence-corrected chi connectivity index (χ2v) is 13.5. The van der Waals surface area contributed by atoms with Crippen molar-refractivity contribution >= 4 is 23.7 Å². The maximum atomic E-state index is 13.6. The van der Waals surface area contributed by atoms with Gasteiger partial charge in [-0.2, -0.15) is 13.2 Å². The first-order valence-electron chi connectivity index (χ1n) is 15.4. The van der Waals surface area contributed by atoms with Gasteiger partial charge < -0.3 is 19.1 Å². The summed E-state index contributed by atoms with van der Waals surface area (Å²) in [6, 6.07) is 7.66. The standard InChI is InChI=1S/C34H43F5N2O6/c1-31(2,3)46-29(43)15-16-40(30(44)47-32(4,5)6)21-28(42)41-17-14-23-19-25(12-13-27(23)41)45-18-8-9-22-10-11-24(33(7,35)36)20-26(22)34(37,38)39/h10-13,19-20H,8-9,14-18,21H2,1-7H3. The van der Waals surface area contributed by atoms with Gasteiger partial charge in [0.25, 0.3) is 5.92 Å². The summed E-state index contributed by atoms with van der Waals surface area (Å²) in [7, 11) is 0. The van der Waals surface area contributed by atoms with Gasteiger partial charge in [0.05, 0.1) is 18.6 Å². The number of carbonyl (C=O) groups excluding carboxylic acids is 3. The van der Waals surface area contributed by atoms with Gasteiger partial charge in [-0.15, -0.1) is 0 Å². The molecule has 0 radical (unpaired) electrons. The van der Waals surface area contributed by atoms with E-state index >= 15 is 0 Å². The van der Waals surface area contributed by atoms with Crippen LogP contribution in [0.25, 0.3) is 0 Å². The summed E-state index contributed by atoms with van der Waals surface area (Å²) < 4.78 is 84.4. The van der Waals surface area contributed by atoms with E-state index in [1.807, 2.05) is 0 Å². The molecule has 0 aliphatic carbocycles. The molecule has 0 saturated carbocycles. The van der Waals surface area contributed by atoms with E-state index in [2.05, 4.69) is 0 Å². The number of esters is 1. The molecule has 1 aliphatic heterocycles. The number of benzene rings is 2. The second-order valence-electron chi connectivity index (χ2n) is 13.5. The number of amides is 2. The Labute approximate surface area is 272 Å². The van der Waals surface area contributed by atoms with Crippen LogP contribution < -0.4 is 9.64 Å². The van der Waals surface area contributed by atoms with Gasteiger partial charge in [-0.25, -0.2) is 13.6 Å². The normalized spacial score (nSPS) is 13.7. The van der Waals surface area contributed by atoms with Gasteiger partial charge in [0.15, 0.2) is 0 Å². The largest absolute Gasteiger partial charge is 0.494 e. The number of hydrogen-bond acceptors (Lipinski definition) is 6. The number of alkyl halides is 5. The summed E-state index contributed by atoms with van der Waals surface area (Å²) in [5, 5.41) is 0. The Morgan fingerprint density at radius 3 is 2.13 bits per heavy atom. The smallest absolute Gasteiger partial charge is 0.416 e. The van der Waals surface area contributed by atoms with Gasteiger partial charge in [-0.3, -0.25) is 14.5 Å². The highest BCUT2D eigenvalue weighted by molar-refractivity contribution is 5.98. The molecular weight excluding hydrogens is 627 g/mol. The van der Waals surface area contributed by atoms with Crippen LogP contribution >= 0.6 is 0 Å². The zero-order chi connectivity index (χ0) is 35.4. The fraction of sp³-hybridized carbons (Fsp3) is 0.559. The molecule has 2 aromatic carbocycles. The molecule has 3 rings (SSSR count). The lowest BCUT2D eigenvalue weighted by Crippen LogP contribution is -2.45. The first-order chi connectivity index (χ1) is 21.5.